The van der Waals surface area contributed by atoms with Crippen molar-refractivity contribution in [2.45, 2.75) is 0 Å². The molecule has 1 fully saturated rings. The molecular weight excluding hydrogens is 304 g/mol. The van der Waals surface area contributed by atoms with Gasteiger partial charge in [0.15, 0.2) is 5.65 Å². The molecule has 9 heteroatoms. The largest absolute Gasteiger partial charge is 0.353 e. The van der Waals surface area contributed by atoms with Crippen molar-refractivity contribution in [3.05, 3.63) is 12.5 Å². The minimum Gasteiger partial charge on any atom is -0.353 e. The molecule has 3 heterocycles. The quantitative estimate of drug-likeness (QED) is 0.751. The highest BCUT2D eigenvalue weighted by atomic mass is 32.2. The van der Waals surface area contributed by atoms with Crippen LogP contribution in [0.4, 0.5) is 5.82 Å². The van der Waals surface area contributed by atoms with Gasteiger partial charge in [0, 0.05) is 46.0 Å². The molecule has 0 bridgehead atoms. The normalized spacial score (nSPS) is 17.3. The Hall–Kier alpha value is -1.74. The first kappa shape index (κ1) is 15.2. The molecule has 2 aromatic heterocycles. The lowest BCUT2D eigenvalue weighted by Gasteiger charge is -2.35. The van der Waals surface area contributed by atoms with Crippen LogP contribution in [0.2, 0.25) is 0 Å². The molecule has 0 radical (unpaired) electrons. The van der Waals surface area contributed by atoms with Crippen molar-refractivity contribution < 1.29 is 8.42 Å². The van der Waals surface area contributed by atoms with Crippen molar-refractivity contribution in [1.82, 2.24) is 24.6 Å². The number of sulfone groups is 1. The van der Waals surface area contributed by atoms with Crippen molar-refractivity contribution in [3.8, 4) is 0 Å². The van der Waals surface area contributed by atoms with E-state index < -0.39 is 9.84 Å². The summed E-state index contributed by atoms with van der Waals surface area (Å²) in [7, 11) is -1.04. The molecule has 1 aliphatic heterocycles. The molecule has 8 nitrogen and oxygen atoms in total. The maximum atomic E-state index is 11.2. The molecule has 0 amide bonds. The summed E-state index contributed by atoms with van der Waals surface area (Å²) in [5.41, 5.74) is 0.824. The second-order valence-electron chi connectivity index (χ2n) is 5.66. The van der Waals surface area contributed by atoms with Gasteiger partial charge in [-0.1, -0.05) is 0 Å². The molecule has 0 N–H and O–H groups in total. The molecule has 120 valence electrons. The van der Waals surface area contributed by atoms with Crippen molar-refractivity contribution >= 4 is 26.7 Å². The number of piperazine rings is 1. The number of hydrogen-bond acceptors (Lipinski definition) is 7. The zero-order valence-corrected chi connectivity index (χ0v) is 13.6. The average molecular weight is 324 g/mol. The summed E-state index contributed by atoms with van der Waals surface area (Å²) < 4.78 is 24.2. The summed E-state index contributed by atoms with van der Waals surface area (Å²) in [5.74, 6) is 1.12. The van der Waals surface area contributed by atoms with Gasteiger partial charge in [-0.3, -0.25) is 9.58 Å². The van der Waals surface area contributed by atoms with Crippen LogP contribution in [-0.4, -0.2) is 77.8 Å². The van der Waals surface area contributed by atoms with Crippen molar-refractivity contribution in [2.75, 3.05) is 49.6 Å². The molecule has 2 aromatic rings. The summed E-state index contributed by atoms with van der Waals surface area (Å²) in [4.78, 5) is 13.0. The second-order valence-corrected chi connectivity index (χ2v) is 7.92. The number of hydrogen-bond donors (Lipinski definition) is 0. The lowest BCUT2D eigenvalue weighted by atomic mass is 10.3. The van der Waals surface area contributed by atoms with Crippen molar-refractivity contribution in [1.29, 1.82) is 0 Å². The third-order valence-electron chi connectivity index (χ3n) is 3.96. The number of rotatable bonds is 4. The topological polar surface area (TPSA) is 84.2 Å². The third kappa shape index (κ3) is 3.20. The maximum Gasteiger partial charge on any atom is 0.163 e. The maximum absolute atomic E-state index is 11.2. The zero-order chi connectivity index (χ0) is 15.7. The van der Waals surface area contributed by atoms with E-state index in [9.17, 15) is 8.42 Å². The van der Waals surface area contributed by atoms with Gasteiger partial charge in [-0.15, -0.1) is 0 Å². The van der Waals surface area contributed by atoms with E-state index in [0.717, 1.165) is 43.0 Å². The fourth-order valence-corrected chi connectivity index (χ4v) is 3.27. The van der Waals surface area contributed by atoms with Gasteiger partial charge in [-0.2, -0.15) is 5.10 Å². The molecule has 0 spiro atoms. The minimum absolute atomic E-state index is 0.216. The van der Waals surface area contributed by atoms with Crippen molar-refractivity contribution in [3.63, 3.8) is 0 Å². The van der Waals surface area contributed by atoms with E-state index >= 15 is 0 Å². The zero-order valence-electron chi connectivity index (χ0n) is 12.8. The fourth-order valence-electron chi connectivity index (χ4n) is 2.68. The molecule has 0 unspecified atom stereocenters. The molecular formula is C13H20N6O2S. The molecule has 0 aromatic carbocycles. The Balaban J connectivity index is 1.68. The van der Waals surface area contributed by atoms with Crippen LogP contribution >= 0.6 is 0 Å². The van der Waals surface area contributed by atoms with E-state index in [2.05, 4.69) is 24.9 Å². The Morgan fingerprint density at radius 1 is 1.18 bits per heavy atom. The summed E-state index contributed by atoms with van der Waals surface area (Å²) >= 11 is 0. The van der Waals surface area contributed by atoms with Gasteiger partial charge >= 0.3 is 0 Å². The predicted molar refractivity (Wildman–Crippen MR) is 84.7 cm³/mol. The van der Waals surface area contributed by atoms with Crippen LogP contribution in [0.1, 0.15) is 0 Å². The highest BCUT2D eigenvalue weighted by Crippen LogP contribution is 2.23. The molecule has 0 saturated carbocycles. The Bertz CT molecular complexity index is 764. The van der Waals surface area contributed by atoms with E-state index in [1.165, 1.54) is 6.26 Å². The predicted octanol–water partition coefficient (Wildman–Crippen LogP) is -0.470. The molecule has 1 saturated heterocycles. The van der Waals surface area contributed by atoms with Crippen LogP contribution < -0.4 is 4.90 Å². The standard InChI is InChI=1S/C13H20N6O2S/c1-17-12-11(9-16-17)13(15-10-14-12)19-5-3-18(4-6-19)7-8-22(2,20)21/h9-10H,3-8H2,1-2H3. The fraction of sp³-hybridized carbons (Fsp3) is 0.615. The van der Waals surface area contributed by atoms with Crippen LogP contribution in [0.5, 0.6) is 0 Å². The molecule has 0 atom stereocenters. The van der Waals surface area contributed by atoms with Gasteiger partial charge in [0.2, 0.25) is 0 Å². The van der Waals surface area contributed by atoms with Gasteiger partial charge in [0.1, 0.15) is 22.0 Å². The lowest BCUT2D eigenvalue weighted by molar-refractivity contribution is 0.271. The van der Waals surface area contributed by atoms with Crippen LogP contribution in [-0.2, 0) is 16.9 Å². The van der Waals surface area contributed by atoms with E-state index in [1.54, 1.807) is 17.2 Å². The Morgan fingerprint density at radius 3 is 2.59 bits per heavy atom. The van der Waals surface area contributed by atoms with E-state index in [0.29, 0.717) is 6.54 Å². The van der Waals surface area contributed by atoms with Crippen LogP contribution in [0, 0.1) is 0 Å². The van der Waals surface area contributed by atoms with E-state index in [1.807, 2.05) is 7.05 Å². The van der Waals surface area contributed by atoms with Gasteiger partial charge in [-0.25, -0.2) is 18.4 Å². The van der Waals surface area contributed by atoms with E-state index in [4.69, 9.17) is 0 Å². The minimum atomic E-state index is -2.90. The van der Waals surface area contributed by atoms with Gasteiger partial charge in [0.25, 0.3) is 0 Å². The summed E-state index contributed by atoms with van der Waals surface area (Å²) in [6.45, 7) is 3.91. The number of anilines is 1. The van der Waals surface area contributed by atoms with E-state index in [-0.39, 0.29) is 5.75 Å². The summed E-state index contributed by atoms with van der Waals surface area (Å²) in [6.07, 6.45) is 4.64. The molecule has 22 heavy (non-hydrogen) atoms. The summed E-state index contributed by atoms with van der Waals surface area (Å²) in [6, 6.07) is 0. The highest BCUT2D eigenvalue weighted by Gasteiger charge is 2.21. The second kappa shape index (κ2) is 5.81. The molecule has 3 rings (SSSR count). The number of aryl methyl sites for hydroxylation is 1. The third-order valence-corrected chi connectivity index (χ3v) is 4.88. The number of aromatic nitrogens is 4. The summed E-state index contributed by atoms with van der Waals surface area (Å²) in [5, 5.41) is 5.19. The van der Waals surface area contributed by atoms with Crippen molar-refractivity contribution in [2.24, 2.45) is 7.05 Å². The van der Waals surface area contributed by atoms with Gasteiger partial charge in [-0.05, 0) is 0 Å². The Kier molecular flexibility index (Phi) is 4.00. The van der Waals surface area contributed by atoms with Crippen LogP contribution in [0.3, 0.4) is 0 Å². The first-order valence-corrected chi connectivity index (χ1v) is 9.28. The first-order valence-electron chi connectivity index (χ1n) is 7.22. The average Bonchev–Trinajstić information content (AvgIpc) is 2.87. The Morgan fingerprint density at radius 2 is 1.91 bits per heavy atom. The SMILES string of the molecule is Cn1ncc2c(N3CCN(CCS(C)(=O)=O)CC3)ncnc21. The van der Waals surface area contributed by atoms with Gasteiger partial charge < -0.3 is 4.90 Å². The molecule has 1 aliphatic rings. The van der Waals surface area contributed by atoms with Crippen LogP contribution in [0.15, 0.2) is 12.5 Å². The number of nitrogens with zero attached hydrogens (tertiary/aromatic N) is 6. The molecule has 0 aliphatic carbocycles. The highest BCUT2D eigenvalue weighted by molar-refractivity contribution is 7.90. The first-order chi connectivity index (χ1) is 10.4. The lowest BCUT2D eigenvalue weighted by Crippen LogP contribution is -2.47. The van der Waals surface area contributed by atoms with Crippen LogP contribution in [0.25, 0.3) is 11.0 Å². The monoisotopic (exact) mass is 324 g/mol. The Labute approximate surface area is 129 Å². The smallest absolute Gasteiger partial charge is 0.163 e. The van der Waals surface area contributed by atoms with Gasteiger partial charge in [0.05, 0.1) is 17.3 Å². The number of fused-ring (bicyclic) bond motifs is 1.